The van der Waals surface area contributed by atoms with Crippen molar-refractivity contribution in [2.75, 3.05) is 6.61 Å². The third-order valence-electron chi connectivity index (χ3n) is 3.76. The van der Waals surface area contributed by atoms with Crippen LogP contribution in [-0.2, 0) is 18.3 Å². The minimum atomic E-state index is 0.0333. The van der Waals surface area contributed by atoms with Crippen LogP contribution in [0.4, 0.5) is 0 Å². The molecule has 1 aliphatic rings. The van der Waals surface area contributed by atoms with E-state index in [1.165, 1.54) is 0 Å². The summed E-state index contributed by atoms with van der Waals surface area (Å²) >= 11 is 0. The summed E-state index contributed by atoms with van der Waals surface area (Å²) in [7, 11) is 1.77. The van der Waals surface area contributed by atoms with Crippen LogP contribution in [0.25, 0.3) is 11.4 Å². The number of aryl methyl sites for hydroxylation is 2. The van der Waals surface area contributed by atoms with Gasteiger partial charge in [-0.1, -0.05) is 0 Å². The fourth-order valence-electron chi connectivity index (χ4n) is 2.72. The van der Waals surface area contributed by atoms with Crippen molar-refractivity contribution in [2.24, 2.45) is 7.05 Å². The molecule has 0 saturated carbocycles. The zero-order chi connectivity index (χ0) is 14.1. The van der Waals surface area contributed by atoms with Gasteiger partial charge in [-0.25, -0.2) is 4.98 Å². The molecule has 2 aromatic heterocycles. The van der Waals surface area contributed by atoms with Crippen molar-refractivity contribution in [3.8, 4) is 11.4 Å². The summed E-state index contributed by atoms with van der Waals surface area (Å²) in [6, 6.07) is 1.90. The van der Waals surface area contributed by atoms with E-state index in [9.17, 15) is 4.79 Å². The number of pyridine rings is 1. The van der Waals surface area contributed by atoms with Crippen LogP contribution in [-0.4, -0.2) is 26.8 Å². The first-order valence-corrected chi connectivity index (χ1v) is 6.95. The first kappa shape index (κ1) is 13.1. The van der Waals surface area contributed by atoms with Crippen molar-refractivity contribution in [1.82, 2.24) is 14.1 Å². The van der Waals surface area contributed by atoms with Gasteiger partial charge in [0.15, 0.2) is 0 Å². The zero-order valence-corrected chi connectivity index (χ0v) is 11.9. The smallest absolute Gasteiger partial charge is 0.253 e. The average Bonchev–Trinajstić information content (AvgIpc) is 3.07. The molecule has 0 N–H and O–H groups in total. The van der Waals surface area contributed by atoms with E-state index in [4.69, 9.17) is 4.74 Å². The molecule has 0 bridgehead atoms. The lowest BCUT2D eigenvalue weighted by atomic mass is 10.2. The van der Waals surface area contributed by atoms with E-state index in [2.05, 4.69) is 9.55 Å². The van der Waals surface area contributed by atoms with Gasteiger partial charge in [0.05, 0.1) is 12.6 Å². The fraction of sp³-hybridized carbons (Fsp3) is 0.467. The Morgan fingerprint density at radius 3 is 3.05 bits per heavy atom. The number of imidazole rings is 1. The summed E-state index contributed by atoms with van der Waals surface area (Å²) in [6.07, 6.45) is 8.11. The molecule has 0 aromatic carbocycles. The Kier molecular flexibility index (Phi) is 3.44. The second-order valence-corrected chi connectivity index (χ2v) is 5.37. The van der Waals surface area contributed by atoms with Gasteiger partial charge >= 0.3 is 0 Å². The summed E-state index contributed by atoms with van der Waals surface area (Å²) in [5, 5.41) is 0. The molecule has 5 heteroatoms. The Morgan fingerprint density at radius 1 is 1.50 bits per heavy atom. The average molecular weight is 273 g/mol. The van der Waals surface area contributed by atoms with Crippen LogP contribution >= 0.6 is 0 Å². The van der Waals surface area contributed by atoms with Gasteiger partial charge in [0.25, 0.3) is 5.56 Å². The summed E-state index contributed by atoms with van der Waals surface area (Å²) in [5.74, 6) is 0.888. The lowest BCUT2D eigenvalue weighted by Crippen LogP contribution is -2.19. The van der Waals surface area contributed by atoms with Crippen LogP contribution in [0.1, 0.15) is 18.4 Å². The summed E-state index contributed by atoms with van der Waals surface area (Å²) in [5.41, 5.74) is 1.73. The van der Waals surface area contributed by atoms with Crippen LogP contribution < -0.4 is 5.56 Å². The zero-order valence-electron chi connectivity index (χ0n) is 11.9. The van der Waals surface area contributed by atoms with E-state index in [0.29, 0.717) is 0 Å². The molecule has 2 aromatic rings. The molecule has 0 amide bonds. The van der Waals surface area contributed by atoms with Crippen LogP contribution in [0.2, 0.25) is 0 Å². The minimum absolute atomic E-state index is 0.0333. The van der Waals surface area contributed by atoms with Crippen LogP contribution in [0, 0.1) is 6.92 Å². The van der Waals surface area contributed by atoms with Crippen molar-refractivity contribution in [2.45, 2.75) is 32.4 Å². The molecular weight excluding hydrogens is 254 g/mol. The van der Waals surface area contributed by atoms with E-state index >= 15 is 0 Å². The second-order valence-electron chi connectivity index (χ2n) is 5.37. The van der Waals surface area contributed by atoms with Crippen LogP contribution in [0.15, 0.2) is 29.5 Å². The summed E-state index contributed by atoms with van der Waals surface area (Å²) < 4.78 is 9.39. The maximum atomic E-state index is 11.8. The Hall–Kier alpha value is -1.88. The summed E-state index contributed by atoms with van der Waals surface area (Å²) in [4.78, 5) is 16.2. The molecule has 5 nitrogen and oxygen atoms in total. The number of rotatable bonds is 3. The maximum Gasteiger partial charge on any atom is 0.253 e. The highest BCUT2D eigenvalue weighted by molar-refractivity contribution is 5.55. The molecule has 1 unspecified atom stereocenters. The van der Waals surface area contributed by atoms with Gasteiger partial charge in [-0.15, -0.1) is 0 Å². The minimum Gasteiger partial charge on any atom is -0.376 e. The summed E-state index contributed by atoms with van der Waals surface area (Å²) in [6.45, 7) is 3.50. The largest absolute Gasteiger partial charge is 0.376 e. The predicted molar refractivity (Wildman–Crippen MR) is 76.6 cm³/mol. The topological polar surface area (TPSA) is 49.0 Å². The highest BCUT2D eigenvalue weighted by Crippen LogP contribution is 2.20. The highest BCUT2D eigenvalue weighted by atomic mass is 16.5. The maximum absolute atomic E-state index is 11.8. The number of hydrogen-bond donors (Lipinski definition) is 0. The molecular formula is C15H19N3O2. The van der Waals surface area contributed by atoms with E-state index < -0.39 is 0 Å². The van der Waals surface area contributed by atoms with Gasteiger partial charge in [-0.2, -0.15) is 0 Å². The SMILES string of the molecule is Cc1cc(-c2nccn2CC2CCCO2)cn(C)c1=O. The molecule has 20 heavy (non-hydrogen) atoms. The molecule has 3 heterocycles. The lowest BCUT2D eigenvalue weighted by Gasteiger charge is -2.13. The number of ether oxygens (including phenoxy) is 1. The molecule has 106 valence electrons. The van der Waals surface area contributed by atoms with Crippen molar-refractivity contribution < 1.29 is 4.74 Å². The fourth-order valence-corrected chi connectivity index (χ4v) is 2.72. The lowest BCUT2D eigenvalue weighted by molar-refractivity contribution is 0.0974. The van der Waals surface area contributed by atoms with Crippen molar-refractivity contribution in [1.29, 1.82) is 0 Å². The highest BCUT2D eigenvalue weighted by Gasteiger charge is 2.18. The first-order valence-electron chi connectivity index (χ1n) is 6.95. The van der Waals surface area contributed by atoms with E-state index in [1.54, 1.807) is 17.8 Å². The van der Waals surface area contributed by atoms with Crippen molar-refractivity contribution >= 4 is 0 Å². The standard InChI is InChI=1S/C15H19N3O2/c1-11-8-12(9-17(2)15(11)19)14-16-5-6-18(14)10-13-4-3-7-20-13/h5-6,8-9,13H,3-4,7,10H2,1-2H3. The Morgan fingerprint density at radius 2 is 2.35 bits per heavy atom. The predicted octanol–water partition coefficient (Wildman–Crippen LogP) is 1.74. The number of hydrogen-bond acceptors (Lipinski definition) is 3. The van der Waals surface area contributed by atoms with E-state index in [1.807, 2.05) is 25.4 Å². The van der Waals surface area contributed by atoms with Gasteiger partial charge in [-0.05, 0) is 25.8 Å². The molecule has 1 saturated heterocycles. The molecule has 0 spiro atoms. The molecule has 1 atom stereocenters. The van der Waals surface area contributed by atoms with Crippen molar-refractivity contribution in [3.05, 3.63) is 40.6 Å². The van der Waals surface area contributed by atoms with Gasteiger partial charge in [-0.3, -0.25) is 4.79 Å². The first-order chi connectivity index (χ1) is 9.65. The van der Waals surface area contributed by atoms with Crippen molar-refractivity contribution in [3.63, 3.8) is 0 Å². The third-order valence-corrected chi connectivity index (χ3v) is 3.76. The molecule has 0 radical (unpaired) electrons. The van der Waals surface area contributed by atoms with Gasteiger partial charge in [0, 0.05) is 43.4 Å². The Labute approximate surface area is 117 Å². The van der Waals surface area contributed by atoms with E-state index in [-0.39, 0.29) is 11.7 Å². The Balaban J connectivity index is 1.94. The Bertz CT molecular complexity index is 640. The van der Waals surface area contributed by atoms with Crippen LogP contribution in [0.5, 0.6) is 0 Å². The monoisotopic (exact) mass is 273 g/mol. The molecule has 1 fully saturated rings. The number of nitrogens with zero attached hydrogens (tertiary/aromatic N) is 3. The third kappa shape index (κ3) is 2.41. The van der Waals surface area contributed by atoms with Gasteiger partial charge < -0.3 is 13.9 Å². The van der Waals surface area contributed by atoms with E-state index in [0.717, 1.165) is 42.9 Å². The van der Waals surface area contributed by atoms with Crippen LogP contribution in [0.3, 0.4) is 0 Å². The molecule has 1 aliphatic heterocycles. The second kappa shape index (κ2) is 5.25. The number of aromatic nitrogens is 3. The van der Waals surface area contributed by atoms with Gasteiger partial charge in [0.1, 0.15) is 5.82 Å². The normalized spacial score (nSPS) is 18.6. The quantitative estimate of drug-likeness (QED) is 0.856. The van der Waals surface area contributed by atoms with Gasteiger partial charge in [0.2, 0.25) is 0 Å². The molecule has 0 aliphatic carbocycles. The molecule has 3 rings (SSSR count).